The number of piperidine rings is 1. The summed E-state index contributed by atoms with van der Waals surface area (Å²) in [6.45, 7) is 5.05. The lowest BCUT2D eigenvalue weighted by atomic mass is 10.0. The van der Waals surface area contributed by atoms with Crippen LogP contribution in [0.3, 0.4) is 0 Å². The number of carbonyl (C=O) groups is 1. The lowest BCUT2D eigenvalue weighted by Gasteiger charge is -2.37. The number of carbonyl (C=O) groups excluding carboxylic acids is 1. The predicted molar refractivity (Wildman–Crippen MR) is 85.7 cm³/mol. The van der Waals surface area contributed by atoms with Crippen molar-refractivity contribution in [2.75, 3.05) is 44.7 Å². The summed E-state index contributed by atoms with van der Waals surface area (Å²) in [5, 5.41) is 0. The predicted octanol–water partition coefficient (Wildman–Crippen LogP) is 1.000. The summed E-state index contributed by atoms with van der Waals surface area (Å²) < 4.78 is 0. The Morgan fingerprint density at radius 1 is 1.27 bits per heavy atom. The van der Waals surface area contributed by atoms with E-state index in [1.165, 1.54) is 0 Å². The van der Waals surface area contributed by atoms with E-state index < -0.39 is 0 Å². The molecule has 2 aliphatic rings. The Labute approximate surface area is 132 Å². The molecule has 3 heterocycles. The van der Waals surface area contributed by atoms with Gasteiger partial charge in [-0.1, -0.05) is 0 Å². The lowest BCUT2D eigenvalue weighted by molar-refractivity contribution is -0.127. The lowest BCUT2D eigenvalue weighted by Crippen LogP contribution is -2.46. The Bertz CT molecular complexity index is 487. The van der Waals surface area contributed by atoms with E-state index >= 15 is 0 Å². The number of nitrogens with zero attached hydrogens (tertiary/aromatic N) is 5. The van der Waals surface area contributed by atoms with Crippen molar-refractivity contribution in [2.24, 2.45) is 0 Å². The van der Waals surface area contributed by atoms with Crippen molar-refractivity contribution < 1.29 is 4.79 Å². The van der Waals surface area contributed by atoms with Crippen molar-refractivity contribution in [3.8, 4) is 0 Å². The SMILES string of the molecule is CN(c1ccncn1)C1CCN(CCN2CCCC2=O)CC1. The minimum Gasteiger partial charge on any atom is -0.356 e. The molecule has 0 aromatic carbocycles. The van der Waals surface area contributed by atoms with E-state index in [1.54, 1.807) is 12.5 Å². The highest BCUT2D eigenvalue weighted by atomic mass is 16.2. The molecular weight excluding hydrogens is 278 g/mol. The molecule has 0 saturated carbocycles. The van der Waals surface area contributed by atoms with Gasteiger partial charge in [0.15, 0.2) is 0 Å². The molecule has 0 unspecified atom stereocenters. The zero-order valence-corrected chi connectivity index (χ0v) is 13.3. The first-order chi connectivity index (χ1) is 10.7. The number of hydrogen-bond acceptors (Lipinski definition) is 5. The van der Waals surface area contributed by atoms with E-state index in [-0.39, 0.29) is 0 Å². The van der Waals surface area contributed by atoms with Gasteiger partial charge in [-0.2, -0.15) is 0 Å². The molecule has 0 aliphatic carbocycles. The van der Waals surface area contributed by atoms with Crippen molar-refractivity contribution >= 4 is 11.7 Å². The van der Waals surface area contributed by atoms with Crippen molar-refractivity contribution in [3.63, 3.8) is 0 Å². The molecule has 2 saturated heterocycles. The van der Waals surface area contributed by atoms with Gasteiger partial charge in [-0.05, 0) is 25.3 Å². The second kappa shape index (κ2) is 7.05. The molecule has 3 rings (SSSR count). The average Bonchev–Trinajstić information content (AvgIpc) is 2.99. The van der Waals surface area contributed by atoms with Gasteiger partial charge in [-0.15, -0.1) is 0 Å². The van der Waals surface area contributed by atoms with Gasteiger partial charge in [-0.3, -0.25) is 4.79 Å². The Morgan fingerprint density at radius 3 is 2.73 bits per heavy atom. The van der Waals surface area contributed by atoms with Gasteiger partial charge in [0, 0.05) is 58.4 Å². The summed E-state index contributed by atoms with van der Waals surface area (Å²) in [4.78, 5) is 26.7. The van der Waals surface area contributed by atoms with Crippen LogP contribution in [0, 0.1) is 0 Å². The largest absolute Gasteiger partial charge is 0.356 e. The van der Waals surface area contributed by atoms with E-state index in [1.807, 2.05) is 11.0 Å². The highest BCUT2D eigenvalue weighted by Crippen LogP contribution is 2.20. The fourth-order valence-corrected chi connectivity index (χ4v) is 3.41. The highest BCUT2D eigenvalue weighted by Gasteiger charge is 2.25. The molecule has 0 N–H and O–H groups in total. The van der Waals surface area contributed by atoms with E-state index in [0.717, 1.165) is 64.2 Å². The number of anilines is 1. The Hall–Kier alpha value is -1.69. The van der Waals surface area contributed by atoms with Gasteiger partial charge >= 0.3 is 0 Å². The van der Waals surface area contributed by atoms with Crippen molar-refractivity contribution in [2.45, 2.75) is 31.7 Å². The first-order valence-electron chi connectivity index (χ1n) is 8.23. The van der Waals surface area contributed by atoms with Gasteiger partial charge in [0.1, 0.15) is 12.1 Å². The maximum Gasteiger partial charge on any atom is 0.222 e. The molecule has 1 aromatic heterocycles. The molecule has 22 heavy (non-hydrogen) atoms. The average molecular weight is 303 g/mol. The van der Waals surface area contributed by atoms with Gasteiger partial charge in [0.2, 0.25) is 5.91 Å². The number of likely N-dealkylation sites (tertiary alicyclic amines) is 2. The van der Waals surface area contributed by atoms with Crippen LogP contribution in [0.1, 0.15) is 25.7 Å². The first kappa shape index (κ1) is 15.2. The summed E-state index contributed by atoms with van der Waals surface area (Å²) >= 11 is 0. The Morgan fingerprint density at radius 2 is 2.09 bits per heavy atom. The van der Waals surface area contributed by atoms with Gasteiger partial charge in [-0.25, -0.2) is 9.97 Å². The second-order valence-electron chi connectivity index (χ2n) is 6.24. The normalized spacial score (nSPS) is 20.6. The molecule has 6 nitrogen and oxygen atoms in total. The van der Waals surface area contributed by atoms with Crippen LogP contribution in [0.4, 0.5) is 5.82 Å². The number of rotatable bonds is 5. The van der Waals surface area contributed by atoms with Crippen LogP contribution in [0.5, 0.6) is 0 Å². The minimum atomic E-state index is 0.332. The van der Waals surface area contributed by atoms with Gasteiger partial charge in [0.05, 0.1) is 0 Å². The van der Waals surface area contributed by atoms with Crippen molar-refractivity contribution in [3.05, 3.63) is 18.6 Å². The van der Waals surface area contributed by atoms with Gasteiger partial charge in [0.25, 0.3) is 0 Å². The highest BCUT2D eigenvalue weighted by molar-refractivity contribution is 5.78. The number of hydrogen-bond donors (Lipinski definition) is 0. The quantitative estimate of drug-likeness (QED) is 0.812. The summed E-state index contributed by atoms with van der Waals surface area (Å²) in [5.41, 5.74) is 0. The molecule has 1 amide bonds. The van der Waals surface area contributed by atoms with Crippen LogP contribution in [0.2, 0.25) is 0 Å². The number of aromatic nitrogens is 2. The van der Waals surface area contributed by atoms with Gasteiger partial charge < -0.3 is 14.7 Å². The fourth-order valence-electron chi connectivity index (χ4n) is 3.41. The zero-order valence-electron chi connectivity index (χ0n) is 13.3. The smallest absolute Gasteiger partial charge is 0.222 e. The summed E-state index contributed by atoms with van der Waals surface area (Å²) in [6.07, 6.45) is 7.47. The second-order valence-corrected chi connectivity index (χ2v) is 6.24. The monoisotopic (exact) mass is 303 g/mol. The molecule has 0 radical (unpaired) electrons. The fraction of sp³-hybridized carbons (Fsp3) is 0.688. The molecule has 0 atom stereocenters. The van der Waals surface area contributed by atoms with E-state index in [2.05, 4.69) is 26.8 Å². The molecule has 2 aliphatic heterocycles. The maximum absolute atomic E-state index is 11.6. The van der Waals surface area contributed by atoms with Crippen LogP contribution in [0.25, 0.3) is 0 Å². The summed E-state index contributed by atoms with van der Waals surface area (Å²) in [6, 6.07) is 2.50. The van der Waals surface area contributed by atoms with E-state index in [0.29, 0.717) is 11.9 Å². The molecule has 120 valence electrons. The standard InChI is InChI=1S/C16H25N5O/c1-19(15-4-7-17-13-18-15)14-5-9-20(10-6-14)11-12-21-8-2-3-16(21)22/h4,7,13-14H,2-3,5-6,8-12H2,1H3. The van der Waals surface area contributed by atoms with Crippen LogP contribution in [-0.4, -0.2) is 71.5 Å². The molecular formula is C16H25N5O. The van der Waals surface area contributed by atoms with Crippen molar-refractivity contribution in [1.82, 2.24) is 19.8 Å². The van der Waals surface area contributed by atoms with E-state index in [9.17, 15) is 4.79 Å². The van der Waals surface area contributed by atoms with E-state index in [4.69, 9.17) is 0 Å². The van der Waals surface area contributed by atoms with Crippen LogP contribution in [-0.2, 0) is 4.79 Å². The minimum absolute atomic E-state index is 0.332. The Balaban J connectivity index is 1.43. The summed E-state index contributed by atoms with van der Waals surface area (Å²) in [5.74, 6) is 1.33. The van der Waals surface area contributed by atoms with Crippen LogP contribution in [0.15, 0.2) is 18.6 Å². The molecule has 2 fully saturated rings. The third-order valence-corrected chi connectivity index (χ3v) is 4.89. The van der Waals surface area contributed by atoms with Crippen LogP contribution < -0.4 is 4.90 Å². The third kappa shape index (κ3) is 3.55. The number of amides is 1. The van der Waals surface area contributed by atoms with Crippen LogP contribution >= 0.6 is 0 Å². The molecule has 0 spiro atoms. The topological polar surface area (TPSA) is 52.6 Å². The molecule has 6 heteroatoms. The molecule has 1 aromatic rings. The maximum atomic E-state index is 11.6. The zero-order chi connectivity index (χ0) is 15.4. The third-order valence-electron chi connectivity index (χ3n) is 4.89. The first-order valence-corrected chi connectivity index (χ1v) is 8.23. The molecule has 0 bridgehead atoms. The Kier molecular flexibility index (Phi) is 4.87. The van der Waals surface area contributed by atoms with Crippen molar-refractivity contribution in [1.29, 1.82) is 0 Å². The summed E-state index contributed by atoms with van der Waals surface area (Å²) in [7, 11) is 2.12.